The van der Waals surface area contributed by atoms with Crippen LogP contribution in [-0.4, -0.2) is 35.4 Å². The van der Waals surface area contributed by atoms with Gasteiger partial charge in [0.2, 0.25) is 0 Å². The molecule has 0 bridgehead atoms. The number of carbonyl (C=O) groups is 1. The van der Waals surface area contributed by atoms with E-state index < -0.39 is 0 Å². The van der Waals surface area contributed by atoms with Crippen LogP contribution in [-0.2, 0) is 0 Å². The summed E-state index contributed by atoms with van der Waals surface area (Å²) in [7, 11) is 0. The molecule has 5 heteroatoms. The Labute approximate surface area is 76.2 Å². The Bertz CT molecular complexity index is 189. The van der Waals surface area contributed by atoms with Crippen LogP contribution in [0.1, 0.15) is 12.8 Å². The number of nitrogens with one attached hydrogen (secondary N) is 2. The van der Waals surface area contributed by atoms with Gasteiger partial charge in [0.05, 0.1) is 0 Å². The van der Waals surface area contributed by atoms with Gasteiger partial charge < -0.3 is 4.90 Å². The van der Waals surface area contributed by atoms with Crippen molar-refractivity contribution in [3.8, 4) is 0 Å². The summed E-state index contributed by atoms with van der Waals surface area (Å²) in [6.45, 7) is 1.65. The van der Waals surface area contributed by atoms with Crippen LogP contribution in [0.2, 0.25) is 0 Å². The number of hydrogen-bond acceptors (Lipinski definition) is 3. The van der Waals surface area contributed by atoms with Gasteiger partial charge in [0.1, 0.15) is 0 Å². The maximum atomic E-state index is 11.3. The van der Waals surface area contributed by atoms with Gasteiger partial charge in [-0.1, -0.05) is 11.8 Å². The Morgan fingerprint density at radius 2 is 2.08 bits per heavy atom. The molecule has 2 N–H and O–H groups in total. The number of hydrogen-bond donors (Lipinski definition) is 2. The lowest BCUT2D eigenvalue weighted by Gasteiger charge is -2.15. The van der Waals surface area contributed by atoms with Gasteiger partial charge in [0.25, 0.3) is 0 Å². The van der Waals surface area contributed by atoms with Crippen LogP contribution in [0.3, 0.4) is 0 Å². The molecule has 4 nitrogen and oxygen atoms in total. The van der Waals surface area contributed by atoms with Crippen molar-refractivity contribution < 1.29 is 4.79 Å². The van der Waals surface area contributed by atoms with Gasteiger partial charge in [0, 0.05) is 13.1 Å². The molecule has 0 aromatic rings. The van der Waals surface area contributed by atoms with Gasteiger partial charge in [-0.3, -0.25) is 10.7 Å². The number of amides is 2. The molecule has 0 unspecified atom stereocenters. The van der Waals surface area contributed by atoms with E-state index in [4.69, 9.17) is 5.41 Å². The number of carbonyl (C=O) groups excluding carboxylic acids is 1. The molecule has 0 aromatic carbocycles. The van der Waals surface area contributed by atoms with Crippen molar-refractivity contribution in [2.24, 2.45) is 0 Å². The van der Waals surface area contributed by atoms with Crippen molar-refractivity contribution in [1.29, 1.82) is 5.41 Å². The lowest BCUT2D eigenvalue weighted by molar-refractivity contribution is 0.214. The summed E-state index contributed by atoms with van der Waals surface area (Å²) in [5.41, 5.74) is 0. The molecule has 1 rings (SSSR count). The molecule has 0 aromatic heterocycles. The lowest BCUT2D eigenvalue weighted by Crippen LogP contribution is -2.39. The maximum Gasteiger partial charge on any atom is 0.323 e. The first-order chi connectivity index (χ1) is 5.74. The molecule has 0 saturated carbocycles. The molecule has 1 heterocycles. The van der Waals surface area contributed by atoms with Crippen LogP contribution in [0.5, 0.6) is 0 Å². The monoisotopic (exact) mass is 187 g/mol. The minimum Gasteiger partial charge on any atom is -0.324 e. The zero-order valence-electron chi connectivity index (χ0n) is 7.09. The van der Waals surface area contributed by atoms with Gasteiger partial charge >= 0.3 is 6.03 Å². The lowest BCUT2D eigenvalue weighted by atomic mass is 10.4. The number of thioether (sulfide) groups is 1. The fraction of sp³-hybridized carbons (Fsp3) is 0.714. The molecule has 0 radical (unpaired) electrons. The Hall–Kier alpha value is -0.710. The van der Waals surface area contributed by atoms with E-state index in [0.29, 0.717) is 0 Å². The maximum absolute atomic E-state index is 11.3. The van der Waals surface area contributed by atoms with Gasteiger partial charge in [-0.25, -0.2) is 4.79 Å². The number of rotatable bonds is 0. The van der Waals surface area contributed by atoms with E-state index in [2.05, 4.69) is 5.32 Å². The summed E-state index contributed by atoms with van der Waals surface area (Å²) in [5.74, 6) is 0. The molecule has 2 amide bonds. The number of nitrogens with zero attached hydrogens (tertiary/aromatic N) is 1. The van der Waals surface area contributed by atoms with E-state index in [1.54, 1.807) is 11.2 Å². The Kier molecular flexibility index (Phi) is 3.40. The fourth-order valence-corrected chi connectivity index (χ4v) is 1.34. The average molecular weight is 187 g/mol. The zero-order chi connectivity index (χ0) is 8.97. The second kappa shape index (κ2) is 4.35. The molecule has 1 fully saturated rings. The van der Waals surface area contributed by atoms with E-state index in [-0.39, 0.29) is 11.2 Å². The highest BCUT2D eigenvalue weighted by atomic mass is 32.2. The number of urea groups is 1. The third kappa shape index (κ3) is 2.41. The molecule has 12 heavy (non-hydrogen) atoms. The van der Waals surface area contributed by atoms with Crippen molar-refractivity contribution in [2.75, 3.05) is 19.3 Å². The minimum atomic E-state index is -0.133. The first-order valence-corrected chi connectivity index (χ1v) is 5.15. The van der Waals surface area contributed by atoms with Crippen LogP contribution < -0.4 is 5.32 Å². The van der Waals surface area contributed by atoms with Crippen molar-refractivity contribution in [1.82, 2.24) is 10.2 Å². The smallest absolute Gasteiger partial charge is 0.323 e. The number of likely N-dealkylation sites (tertiary alicyclic amines) is 1. The van der Waals surface area contributed by atoms with Gasteiger partial charge in [-0.2, -0.15) is 0 Å². The predicted molar refractivity (Wildman–Crippen MR) is 50.6 cm³/mol. The fourth-order valence-electron chi connectivity index (χ4n) is 1.15. The van der Waals surface area contributed by atoms with Crippen LogP contribution in [0.25, 0.3) is 0 Å². The summed E-state index contributed by atoms with van der Waals surface area (Å²) in [4.78, 5) is 13.0. The van der Waals surface area contributed by atoms with Crippen LogP contribution in [0.15, 0.2) is 0 Å². The van der Waals surface area contributed by atoms with Crippen molar-refractivity contribution >= 4 is 23.0 Å². The molecule has 1 aliphatic heterocycles. The van der Waals surface area contributed by atoms with E-state index in [9.17, 15) is 4.79 Å². The molecular weight excluding hydrogens is 174 g/mol. The van der Waals surface area contributed by atoms with E-state index in [1.807, 2.05) is 0 Å². The highest BCUT2D eigenvalue weighted by molar-refractivity contribution is 8.13. The van der Waals surface area contributed by atoms with Crippen LogP contribution in [0.4, 0.5) is 4.79 Å². The third-order valence-electron chi connectivity index (χ3n) is 1.82. The Morgan fingerprint density at radius 3 is 2.58 bits per heavy atom. The normalized spacial score (nSPS) is 16.2. The number of amidine groups is 1. The van der Waals surface area contributed by atoms with Crippen molar-refractivity contribution in [3.63, 3.8) is 0 Å². The summed E-state index contributed by atoms with van der Waals surface area (Å²) in [6, 6.07) is -0.133. The minimum absolute atomic E-state index is 0.133. The summed E-state index contributed by atoms with van der Waals surface area (Å²) in [5, 5.41) is 9.96. The molecule has 0 spiro atoms. The van der Waals surface area contributed by atoms with Crippen molar-refractivity contribution in [3.05, 3.63) is 0 Å². The van der Waals surface area contributed by atoms with E-state index in [0.717, 1.165) is 25.9 Å². The SMILES string of the molecule is CSC(=N)NC(=O)N1CCCC1. The zero-order valence-corrected chi connectivity index (χ0v) is 7.91. The predicted octanol–water partition coefficient (Wildman–Crippen LogP) is 1.09. The largest absolute Gasteiger partial charge is 0.324 e. The van der Waals surface area contributed by atoms with Crippen LogP contribution in [0, 0.1) is 5.41 Å². The highest BCUT2D eigenvalue weighted by Crippen LogP contribution is 2.07. The molecule has 0 aliphatic carbocycles. The second-order valence-electron chi connectivity index (χ2n) is 2.66. The molecule has 0 atom stereocenters. The van der Waals surface area contributed by atoms with Gasteiger partial charge in [0.15, 0.2) is 5.17 Å². The molecule has 68 valence electrons. The summed E-state index contributed by atoms with van der Waals surface area (Å²) >= 11 is 1.24. The van der Waals surface area contributed by atoms with E-state index in [1.165, 1.54) is 11.8 Å². The second-order valence-corrected chi connectivity index (χ2v) is 3.47. The van der Waals surface area contributed by atoms with Crippen LogP contribution >= 0.6 is 11.8 Å². The molecule has 1 aliphatic rings. The van der Waals surface area contributed by atoms with E-state index >= 15 is 0 Å². The summed E-state index contributed by atoms with van der Waals surface area (Å²) in [6.07, 6.45) is 3.94. The first-order valence-electron chi connectivity index (χ1n) is 3.92. The van der Waals surface area contributed by atoms with Crippen molar-refractivity contribution in [2.45, 2.75) is 12.8 Å². The van der Waals surface area contributed by atoms with Gasteiger partial charge in [-0.15, -0.1) is 0 Å². The third-order valence-corrected chi connectivity index (χ3v) is 2.33. The standard InChI is InChI=1S/C7H13N3OS/c1-12-6(8)9-7(11)10-4-2-3-5-10/h2-5H2,1H3,(H2,8,9,11). The molecule has 1 saturated heterocycles. The Morgan fingerprint density at radius 1 is 1.50 bits per heavy atom. The topological polar surface area (TPSA) is 56.2 Å². The summed E-state index contributed by atoms with van der Waals surface area (Å²) < 4.78 is 0. The Balaban J connectivity index is 2.32. The first kappa shape index (κ1) is 9.38. The van der Waals surface area contributed by atoms with Gasteiger partial charge in [-0.05, 0) is 19.1 Å². The quantitative estimate of drug-likeness (QED) is 0.440. The average Bonchev–Trinajstić information content (AvgIpc) is 2.56. The highest BCUT2D eigenvalue weighted by Gasteiger charge is 2.17. The molecular formula is C7H13N3OS.